The van der Waals surface area contributed by atoms with E-state index in [4.69, 9.17) is 4.74 Å². The fraction of sp³-hybridized carbons (Fsp3) is 0.533. The zero-order chi connectivity index (χ0) is 13.7. The van der Waals surface area contributed by atoms with E-state index in [0.717, 1.165) is 24.5 Å². The highest BCUT2D eigenvalue weighted by atomic mass is 16.5. The van der Waals surface area contributed by atoms with Gasteiger partial charge in [-0.05, 0) is 37.1 Å². The van der Waals surface area contributed by atoms with Crippen LogP contribution in [0.1, 0.15) is 20.3 Å². The Kier molecular flexibility index (Phi) is 4.80. The first-order chi connectivity index (χ1) is 9.15. The van der Waals surface area contributed by atoms with Gasteiger partial charge in [-0.3, -0.25) is 4.79 Å². The third-order valence-electron chi connectivity index (χ3n) is 3.07. The number of nitrogens with one attached hydrogen (secondary N) is 2. The predicted molar refractivity (Wildman–Crippen MR) is 76.4 cm³/mol. The second-order valence-corrected chi connectivity index (χ2v) is 5.48. The maximum absolute atomic E-state index is 11.9. The molecular weight excluding hydrogens is 240 g/mol. The average Bonchev–Trinajstić information content (AvgIpc) is 2.33. The molecule has 0 unspecified atom stereocenters. The number of carbonyl (C=O) groups excluding carboxylic acids is 1. The third kappa shape index (κ3) is 4.24. The first-order valence-electron chi connectivity index (χ1n) is 6.87. The molecule has 0 spiro atoms. The summed E-state index contributed by atoms with van der Waals surface area (Å²) < 4.78 is 5.72. The SMILES string of the molecule is CC(C)COc1ccccc1NC(=O)CC1CNC1. The lowest BCUT2D eigenvalue weighted by Gasteiger charge is -2.26. The number of amides is 1. The van der Waals surface area contributed by atoms with Gasteiger partial charge in [0.05, 0.1) is 12.3 Å². The van der Waals surface area contributed by atoms with E-state index in [9.17, 15) is 4.79 Å². The Morgan fingerprint density at radius 3 is 2.79 bits per heavy atom. The van der Waals surface area contributed by atoms with E-state index in [-0.39, 0.29) is 5.91 Å². The summed E-state index contributed by atoms with van der Waals surface area (Å²) in [4.78, 5) is 11.9. The Morgan fingerprint density at radius 2 is 2.16 bits per heavy atom. The summed E-state index contributed by atoms with van der Waals surface area (Å²) in [6, 6.07) is 7.60. The lowest BCUT2D eigenvalue weighted by atomic mass is 9.99. The third-order valence-corrected chi connectivity index (χ3v) is 3.07. The Bertz CT molecular complexity index is 428. The molecule has 19 heavy (non-hydrogen) atoms. The van der Waals surface area contributed by atoms with Gasteiger partial charge in [0.15, 0.2) is 0 Å². The van der Waals surface area contributed by atoms with Crippen molar-refractivity contribution in [2.45, 2.75) is 20.3 Å². The molecule has 2 N–H and O–H groups in total. The molecule has 104 valence electrons. The molecule has 0 aromatic heterocycles. The van der Waals surface area contributed by atoms with E-state index >= 15 is 0 Å². The van der Waals surface area contributed by atoms with Crippen molar-refractivity contribution in [3.8, 4) is 5.75 Å². The van der Waals surface area contributed by atoms with Crippen LogP contribution in [0.3, 0.4) is 0 Å². The van der Waals surface area contributed by atoms with Gasteiger partial charge in [0, 0.05) is 6.42 Å². The molecule has 1 aliphatic heterocycles. The Labute approximate surface area is 114 Å². The minimum absolute atomic E-state index is 0.0621. The molecule has 1 amide bonds. The number of hydrogen-bond acceptors (Lipinski definition) is 3. The van der Waals surface area contributed by atoms with Crippen molar-refractivity contribution in [1.82, 2.24) is 5.32 Å². The van der Waals surface area contributed by atoms with Gasteiger partial charge in [-0.25, -0.2) is 0 Å². The lowest BCUT2D eigenvalue weighted by molar-refractivity contribution is -0.117. The zero-order valence-electron chi connectivity index (χ0n) is 11.6. The van der Waals surface area contributed by atoms with E-state index in [2.05, 4.69) is 24.5 Å². The molecule has 1 aromatic carbocycles. The van der Waals surface area contributed by atoms with Gasteiger partial charge in [0.1, 0.15) is 5.75 Å². The zero-order valence-corrected chi connectivity index (χ0v) is 11.6. The van der Waals surface area contributed by atoms with Crippen molar-refractivity contribution >= 4 is 11.6 Å². The lowest BCUT2D eigenvalue weighted by Crippen LogP contribution is -2.43. The van der Waals surface area contributed by atoms with Gasteiger partial charge in [-0.2, -0.15) is 0 Å². The fourth-order valence-corrected chi connectivity index (χ4v) is 1.91. The van der Waals surface area contributed by atoms with Gasteiger partial charge >= 0.3 is 0 Å². The van der Waals surface area contributed by atoms with E-state index < -0.39 is 0 Å². The summed E-state index contributed by atoms with van der Waals surface area (Å²) in [6.07, 6.45) is 0.575. The summed E-state index contributed by atoms with van der Waals surface area (Å²) in [5.41, 5.74) is 0.764. The summed E-state index contributed by atoms with van der Waals surface area (Å²) >= 11 is 0. The molecule has 2 rings (SSSR count). The van der Waals surface area contributed by atoms with Gasteiger partial charge in [0.25, 0.3) is 0 Å². The molecule has 0 saturated carbocycles. The van der Waals surface area contributed by atoms with Crippen LogP contribution in [-0.4, -0.2) is 25.6 Å². The summed E-state index contributed by atoms with van der Waals surface area (Å²) in [5.74, 6) is 1.75. The normalized spacial score (nSPS) is 15.1. The monoisotopic (exact) mass is 262 g/mol. The van der Waals surface area contributed by atoms with Crippen molar-refractivity contribution in [3.63, 3.8) is 0 Å². The number of carbonyl (C=O) groups is 1. The van der Waals surface area contributed by atoms with Gasteiger partial charge in [-0.1, -0.05) is 26.0 Å². The first-order valence-corrected chi connectivity index (χ1v) is 6.87. The van der Waals surface area contributed by atoms with Crippen LogP contribution in [0.15, 0.2) is 24.3 Å². The highest BCUT2D eigenvalue weighted by Gasteiger charge is 2.20. The fourth-order valence-electron chi connectivity index (χ4n) is 1.91. The van der Waals surface area contributed by atoms with Crippen molar-refractivity contribution in [3.05, 3.63) is 24.3 Å². The molecule has 1 aromatic rings. The molecule has 0 atom stereocenters. The van der Waals surface area contributed by atoms with Gasteiger partial charge in [0.2, 0.25) is 5.91 Å². The number of ether oxygens (including phenoxy) is 1. The Balaban J connectivity index is 1.92. The van der Waals surface area contributed by atoms with Crippen molar-refractivity contribution in [1.29, 1.82) is 0 Å². The minimum Gasteiger partial charge on any atom is -0.491 e. The largest absolute Gasteiger partial charge is 0.491 e. The predicted octanol–water partition coefficient (Wildman–Crippen LogP) is 2.27. The molecule has 4 heteroatoms. The second kappa shape index (κ2) is 6.57. The van der Waals surface area contributed by atoms with Crippen LogP contribution in [-0.2, 0) is 4.79 Å². The Morgan fingerprint density at radius 1 is 1.42 bits per heavy atom. The second-order valence-electron chi connectivity index (χ2n) is 5.48. The van der Waals surface area contributed by atoms with E-state index in [1.807, 2.05) is 24.3 Å². The summed E-state index contributed by atoms with van der Waals surface area (Å²) in [5, 5.41) is 6.11. The molecule has 1 saturated heterocycles. The number of benzene rings is 1. The molecule has 0 aliphatic carbocycles. The quantitative estimate of drug-likeness (QED) is 0.827. The van der Waals surface area contributed by atoms with Crippen LogP contribution < -0.4 is 15.4 Å². The number of para-hydroxylation sites is 2. The van der Waals surface area contributed by atoms with Crippen LogP contribution in [0.5, 0.6) is 5.75 Å². The molecule has 4 nitrogen and oxygen atoms in total. The number of anilines is 1. The molecule has 0 bridgehead atoms. The average molecular weight is 262 g/mol. The topological polar surface area (TPSA) is 50.4 Å². The maximum atomic E-state index is 11.9. The van der Waals surface area contributed by atoms with Crippen LogP contribution in [0.25, 0.3) is 0 Å². The summed E-state index contributed by atoms with van der Waals surface area (Å²) in [6.45, 7) is 6.74. The molecule has 1 fully saturated rings. The minimum atomic E-state index is 0.0621. The van der Waals surface area contributed by atoms with E-state index in [0.29, 0.717) is 24.9 Å². The van der Waals surface area contributed by atoms with E-state index in [1.54, 1.807) is 0 Å². The first kappa shape index (κ1) is 13.9. The van der Waals surface area contributed by atoms with Crippen molar-refractivity contribution in [2.75, 3.05) is 25.0 Å². The van der Waals surface area contributed by atoms with Gasteiger partial charge < -0.3 is 15.4 Å². The van der Waals surface area contributed by atoms with Gasteiger partial charge in [-0.15, -0.1) is 0 Å². The van der Waals surface area contributed by atoms with Crippen LogP contribution in [0, 0.1) is 11.8 Å². The van der Waals surface area contributed by atoms with E-state index in [1.165, 1.54) is 0 Å². The van der Waals surface area contributed by atoms with Crippen molar-refractivity contribution in [2.24, 2.45) is 11.8 Å². The maximum Gasteiger partial charge on any atom is 0.224 e. The Hall–Kier alpha value is -1.55. The highest BCUT2D eigenvalue weighted by molar-refractivity contribution is 5.92. The van der Waals surface area contributed by atoms with Crippen molar-refractivity contribution < 1.29 is 9.53 Å². The van der Waals surface area contributed by atoms with Crippen LogP contribution >= 0.6 is 0 Å². The highest BCUT2D eigenvalue weighted by Crippen LogP contribution is 2.25. The molecular formula is C15H22N2O2. The number of hydrogen-bond donors (Lipinski definition) is 2. The van der Waals surface area contributed by atoms with Crippen LogP contribution in [0.4, 0.5) is 5.69 Å². The number of rotatable bonds is 6. The smallest absolute Gasteiger partial charge is 0.224 e. The molecule has 0 radical (unpaired) electrons. The molecule has 1 aliphatic rings. The van der Waals surface area contributed by atoms with Crippen LogP contribution in [0.2, 0.25) is 0 Å². The molecule has 1 heterocycles. The summed E-state index contributed by atoms with van der Waals surface area (Å²) in [7, 11) is 0. The standard InChI is InChI=1S/C15H22N2O2/c1-11(2)10-19-14-6-4-3-5-13(14)17-15(18)7-12-8-16-9-12/h3-6,11-12,16H,7-10H2,1-2H3,(H,17,18).